The van der Waals surface area contributed by atoms with Gasteiger partial charge in [-0.05, 0) is 17.2 Å². The summed E-state index contributed by atoms with van der Waals surface area (Å²) in [5, 5.41) is 4.21. The van der Waals surface area contributed by atoms with E-state index < -0.39 is 9.84 Å². The lowest BCUT2D eigenvalue weighted by Crippen LogP contribution is -2.39. The fourth-order valence-corrected chi connectivity index (χ4v) is 3.85. The number of rotatable bonds is 4. The molecule has 1 fully saturated rings. The van der Waals surface area contributed by atoms with Gasteiger partial charge in [-0.2, -0.15) is 5.10 Å². The summed E-state index contributed by atoms with van der Waals surface area (Å²) in [7, 11) is -2.80. The minimum absolute atomic E-state index is 0.278. The highest BCUT2D eigenvalue weighted by Gasteiger charge is 2.21. The van der Waals surface area contributed by atoms with Crippen molar-refractivity contribution in [1.29, 1.82) is 0 Å². The fraction of sp³-hybridized carbons (Fsp3) is 0.400. The van der Waals surface area contributed by atoms with Crippen molar-refractivity contribution in [2.24, 2.45) is 0 Å². The highest BCUT2D eigenvalue weighted by atomic mass is 32.2. The van der Waals surface area contributed by atoms with Gasteiger partial charge in [0.2, 0.25) is 0 Å². The molecule has 112 valence electrons. The van der Waals surface area contributed by atoms with E-state index in [9.17, 15) is 8.42 Å². The van der Waals surface area contributed by atoms with Gasteiger partial charge in [-0.25, -0.2) is 8.42 Å². The molecule has 2 heterocycles. The Balaban J connectivity index is 1.64. The van der Waals surface area contributed by atoms with E-state index >= 15 is 0 Å². The van der Waals surface area contributed by atoms with E-state index in [1.807, 2.05) is 16.9 Å². The van der Waals surface area contributed by atoms with Gasteiger partial charge in [0.1, 0.15) is 0 Å². The monoisotopic (exact) mass is 305 g/mol. The van der Waals surface area contributed by atoms with Gasteiger partial charge in [-0.15, -0.1) is 0 Å². The number of aromatic nitrogens is 2. The Hall–Kier alpha value is -1.66. The molecule has 0 unspecified atom stereocenters. The summed E-state index contributed by atoms with van der Waals surface area (Å²) in [6.45, 7) is 2.83. The molecule has 2 aromatic rings. The Bertz CT molecular complexity index is 681. The molecule has 0 saturated carbocycles. The van der Waals surface area contributed by atoms with E-state index in [1.54, 1.807) is 6.20 Å². The van der Waals surface area contributed by atoms with Gasteiger partial charge in [-0.1, -0.05) is 24.3 Å². The summed E-state index contributed by atoms with van der Waals surface area (Å²) in [5.41, 5.74) is 2.43. The molecule has 0 amide bonds. The molecule has 0 atom stereocenters. The number of hydrogen-bond donors (Lipinski definition) is 0. The summed E-state index contributed by atoms with van der Waals surface area (Å²) in [5.74, 6) is 0.556. The summed E-state index contributed by atoms with van der Waals surface area (Å²) in [6, 6.07) is 10.3. The number of hydrogen-bond acceptors (Lipinski definition) is 4. The third-order valence-electron chi connectivity index (χ3n) is 3.74. The average Bonchev–Trinajstić information content (AvgIpc) is 2.95. The first-order chi connectivity index (χ1) is 10.1. The van der Waals surface area contributed by atoms with Crippen molar-refractivity contribution in [3.05, 3.63) is 53.9 Å². The minimum atomic E-state index is -2.80. The molecule has 1 saturated heterocycles. The summed E-state index contributed by atoms with van der Waals surface area (Å²) < 4.78 is 24.8. The first kappa shape index (κ1) is 14.3. The van der Waals surface area contributed by atoms with Crippen LogP contribution in [0.3, 0.4) is 0 Å². The topological polar surface area (TPSA) is 55.2 Å². The summed E-state index contributed by atoms with van der Waals surface area (Å²) >= 11 is 0. The third kappa shape index (κ3) is 3.92. The molecule has 1 aromatic heterocycles. The van der Waals surface area contributed by atoms with Gasteiger partial charge < -0.3 is 0 Å². The molecule has 0 N–H and O–H groups in total. The van der Waals surface area contributed by atoms with Crippen molar-refractivity contribution in [3.8, 4) is 0 Å². The number of nitrogens with zero attached hydrogens (tertiary/aromatic N) is 3. The Kier molecular flexibility index (Phi) is 4.07. The second-order valence-corrected chi connectivity index (χ2v) is 7.76. The van der Waals surface area contributed by atoms with Gasteiger partial charge in [0.25, 0.3) is 0 Å². The zero-order valence-corrected chi connectivity index (χ0v) is 12.7. The van der Waals surface area contributed by atoms with Crippen LogP contribution in [-0.2, 0) is 22.9 Å². The van der Waals surface area contributed by atoms with Crippen LogP contribution in [0.1, 0.15) is 11.1 Å². The van der Waals surface area contributed by atoms with Crippen LogP contribution in [0.25, 0.3) is 0 Å². The lowest BCUT2D eigenvalue weighted by molar-refractivity contribution is 0.287. The third-order valence-corrected chi connectivity index (χ3v) is 5.35. The van der Waals surface area contributed by atoms with Crippen LogP contribution in [0, 0.1) is 0 Å². The maximum Gasteiger partial charge on any atom is 0.152 e. The molecule has 3 rings (SSSR count). The summed E-state index contributed by atoms with van der Waals surface area (Å²) in [4.78, 5) is 2.20. The molecule has 0 bridgehead atoms. The second kappa shape index (κ2) is 5.99. The van der Waals surface area contributed by atoms with Gasteiger partial charge in [0, 0.05) is 32.0 Å². The zero-order valence-electron chi connectivity index (χ0n) is 11.9. The molecule has 1 aliphatic heterocycles. The largest absolute Gasteiger partial charge is 0.297 e. The number of sulfone groups is 1. The lowest BCUT2D eigenvalue weighted by atomic mass is 10.1. The van der Waals surface area contributed by atoms with Crippen LogP contribution >= 0.6 is 0 Å². The minimum Gasteiger partial charge on any atom is -0.297 e. The van der Waals surface area contributed by atoms with Crippen molar-refractivity contribution in [2.45, 2.75) is 13.1 Å². The predicted octanol–water partition coefficient (Wildman–Crippen LogP) is 1.16. The van der Waals surface area contributed by atoms with Gasteiger partial charge >= 0.3 is 0 Å². The van der Waals surface area contributed by atoms with Gasteiger partial charge in [0.05, 0.1) is 18.1 Å². The molecule has 0 aliphatic carbocycles. The van der Waals surface area contributed by atoms with E-state index in [0.29, 0.717) is 13.1 Å². The van der Waals surface area contributed by atoms with Crippen LogP contribution < -0.4 is 0 Å². The Labute approximate surface area is 125 Å². The highest BCUT2D eigenvalue weighted by Crippen LogP contribution is 2.12. The second-order valence-electron chi connectivity index (χ2n) is 5.45. The van der Waals surface area contributed by atoms with Gasteiger partial charge in [-0.3, -0.25) is 9.58 Å². The standard InChI is InChI=1S/C15H19N3O2S/c19-21(20)9-7-17(8-10-21)12-14-3-1-4-15(11-14)13-18-6-2-5-16-18/h1-6,11H,7-10,12-13H2. The Morgan fingerprint density at radius 3 is 2.43 bits per heavy atom. The highest BCUT2D eigenvalue weighted by molar-refractivity contribution is 7.91. The van der Waals surface area contributed by atoms with Crippen LogP contribution in [0.4, 0.5) is 0 Å². The van der Waals surface area contributed by atoms with Crippen molar-refractivity contribution in [3.63, 3.8) is 0 Å². The average molecular weight is 305 g/mol. The van der Waals surface area contributed by atoms with Crippen molar-refractivity contribution < 1.29 is 8.42 Å². The van der Waals surface area contributed by atoms with E-state index in [2.05, 4.69) is 34.3 Å². The van der Waals surface area contributed by atoms with Crippen molar-refractivity contribution >= 4 is 9.84 Å². The first-order valence-electron chi connectivity index (χ1n) is 7.09. The van der Waals surface area contributed by atoms with E-state index in [-0.39, 0.29) is 11.5 Å². The van der Waals surface area contributed by atoms with E-state index in [0.717, 1.165) is 13.1 Å². The first-order valence-corrected chi connectivity index (χ1v) is 8.91. The molecule has 0 spiro atoms. The molecule has 0 radical (unpaired) electrons. The molecule has 1 aromatic carbocycles. The quantitative estimate of drug-likeness (QED) is 0.850. The molecule has 1 aliphatic rings. The van der Waals surface area contributed by atoms with Crippen molar-refractivity contribution in [2.75, 3.05) is 24.6 Å². The van der Waals surface area contributed by atoms with Gasteiger partial charge in [0.15, 0.2) is 9.84 Å². The van der Waals surface area contributed by atoms with Crippen LogP contribution in [0.5, 0.6) is 0 Å². The Morgan fingerprint density at radius 1 is 1.05 bits per heavy atom. The molecular weight excluding hydrogens is 286 g/mol. The fourth-order valence-electron chi connectivity index (χ4n) is 2.57. The zero-order chi connectivity index (χ0) is 14.7. The number of benzene rings is 1. The normalized spacial score (nSPS) is 18.7. The smallest absolute Gasteiger partial charge is 0.152 e. The maximum atomic E-state index is 11.4. The molecular formula is C15H19N3O2S. The maximum absolute atomic E-state index is 11.4. The van der Waals surface area contributed by atoms with E-state index in [4.69, 9.17) is 0 Å². The SMILES string of the molecule is O=S1(=O)CCN(Cc2cccc(Cn3cccn3)c2)CC1. The van der Waals surface area contributed by atoms with Crippen LogP contribution in [0.2, 0.25) is 0 Å². The summed E-state index contributed by atoms with van der Waals surface area (Å²) in [6.07, 6.45) is 3.72. The molecule has 5 nitrogen and oxygen atoms in total. The molecule has 6 heteroatoms. The van der Waals surface area contributed by atoms with Crippen molar-refractivity contribution in [1.82, 2.24) is 14.7 Å². The van der Waals surface area contributed by atoms with E-state index in [1.165, 1.54) is 11.1 Å². The lowest BCUT2D eigenvalue weighted by Gasteiger charge is -2.26. The Morgan fingerprint density at radius 2 is 1.76 bits per heavy atom. The molecule has 21 heavy (non-hydrogen) atoms. The predicted molar refractivity (Wildman–Crippen MR) is 81.7 cm³/mol. The van der Waals surface area contributed by atoms with Crippen LogP contribution in [0.15, 0.2) is 42.7 Å². The van der Waals surface area contributed by atoms with Crippen LogP contribution in [-0.4, -0.2) is 47.7 Å².